The van der Waals surface area contributed by atoms with E-state index in [0.29, 0.717) is 40.3 Å². The smallest absolute Gasteiger partial charge is 0.323 e. The number of thiophene rings is 1. The zero-order chi connectivity index (χ0) is 94.0. The van der Waals surface area contributed by atoms with Gasteiger partial charge >= 0.3 is 5.97 Å². The molecular formula is C86H110F2N14O24S. The van der Waals surface area contributed by atoms with Crippen LogP contribution in [0.4, 0.5) is 20.2 Å². The zero-order valence-corrected chi connectivity index (χ0v) is 74.2. The lowest BCUT2D eigenvalue weighted by molar-refractivity contribution is -0.231. The van der Waals surface area contributed by atoms with Crippen LogP contribution in [0.2, 0.25) is 0 Å². The first-order valence-corrected chi connectivity index (χ1v) is 41.9. The highest BCUT2D eigenvalue weighted by atomic mass is 32.1. The van der Waals surface area contributed by atoms with E-state index in [1.807, 2.05) is 24.4 Å². The molecule has 6 N–H and O–H groups in total. The number of carboxylic acid groups (broad SMARTS) is 1. The van der Waals surface area contributed by atoms with Crippen molar-refractivity contribution in [2.75, 3.05) is 159 Å². The molecular weight excluding hydrogens is 1680 g/mol. The van der Waals surface area contributed by atoms with Gasteiger partial charge in [0.15, 0.2) is 40.7 Å². The Morgan fingerprint density at radius 2 is 1.10 bits per heavy atom. The van der Waals surface area contributed by atoms with Crippen molar-refractivity contribution in [3.8, 4) is 5.75 Å². The number of benzene rings is 2. The number of carbonyl (C=O) groups excluding carboxylic acids is 17. The van der Waals surface area contributed by atoms with Crippen molar-refractivity contribution in [1.82, 2.24) is 59.6 Å². The Morgan fingerprint density at radius 1 is 0.614 bits per heavy atom. The number of imide groups is 1. The van der Waals surface area contributed by atoms with Gasteiger partial charge in [0.2, 0.25) is 76.8 Å². The minimum atomic E-state index is -2.16. The van der Waals surface area contributed by atoms with Crippen molar-refractivity contribution >= 4 is 129 Å². The first-order valence-electron chi connectivity index (χ1n) is 41.1. The number of Topliss-reactive ketones (excluding diaryl/α,β-unsaturated/α-hetero) is 1. The van der Waals surface area contributed by atoms with Gasteiger partial charge in [-0.15, -0.1) is 11.3 Å². The van der Waals surface area contributed by atoms with Crippen LogP contribution in [-0.2, 0) is 109 Å². The highest BCUT2D eigenvalue weighted by molar-refractivity contribution is 7.10. The third kappa shape index (κ3) is 22.1. The molecule has 6 aliphatic rings. The SMILES string of the molecule is C[C@H](NC(=O)CCc1ccc(N2C(=O)C=CC2=O)c(F)c1OCCCC(=O)N(C)CC(=O)N(C)CC(=O)N(C)CC(=O)N(C)CC(=O)N(C)CC(=O)N(C)CC(=O)N(C)CC(=O)N(C)CC(=O)N(C)CC(=O)N(C)CC(=O)O)C(=O)N[C@@H](C)C(=O)Nc1cccc(Cc2csc([C@@H]3O[C@@H]4C[C@H]5[C@@H]6CCC7=CC(=O)C=C[C@]7(C)[C@@]6(F)[C@@H](O)C[C@]5(C)[C@]4(C(=O)CO)O3)c2)c1. The number of allylic oxidation sites excluding steroid dienone is 4. The lowest BCUT2D eigenvalue weighted by Crippen LogP contribution is -2.69. The normalized spacial score (nSPS) is 22.2. The Morgan fingerprint density at radius 3 is 1.60 bits per heavy atom. The van der Waals surface area contributed by atoms with E-state index in [0.717, 1.165) is 78.3 Å². The average Bonchev–Trinajstić information content (AvgIpc) is 1.50. The molecule has 38 nitrogen and oxygen atoms in total. The predicted molar refractivity (Wildman–Crippen MR) is 450 cm³/mol. The monoisotopic (exact) mass is 1790 g/mol. The molecule has 0 bridgehead atoms. The number of anilines is 2. The number of likely N-dealkylation sites (N-methyl/N-ethyl adjacent to an activating group) is 10. The standard InChI is InChI=1S/C86H110F2N14O24S/c1-49(80(122)90-50(2)81(123)91-55-18-15-17-51(32-55)31-52-33-60(127-48-52)82-125-63-35-58-57-23-22-54-34-56(104)28-29-83(54,3)85(57,88)61(105)36-84(58,4)86(63,126-82)62(106)47-103)89-64(107)25-21-53-20-24-59(102-66(109)26-27-67(102)110)78(87)79(53)124-30-16-19-65(108)92(5)37-68(111)93(6)38-69(112)94(7)39-70(113)95(8)40-71(114)96(9)41-72(115)97(10)42-73(116)98(11)43-74(117)99(12)44-75(118)100(13)45-76(119)101(14)46-77(120)121/h15,17-18,20,24,26-29,32-34,48-50,57-58,61,63,82,103,105H,16,19,21-23,25,30-31,35-47H2,1-14H3,(H,89,107)(H,90,122)(H,91,123)(H,120,121)/t49-,50-,57-,58-,61-,63+,82+,83-,84-,85-,86+/m0/s1. The third-order valence-electron chi connectivity index (χ3n) is 24.6. The van der Waals surface area contributed by atoms with Crippen LogP contribution >= 0.6 is 11.3 Å². The summed E-state index contributed by atoms with van der Waals surface area (Å²) in [6.45, 7) is -0.0814. The number of aliphatic hydroxyl groups is 2. The summed E-state index contributed by atoms with van der Waals surface area (Å²) in [5.41, 5.74) is -4.00. The van der Waals surface area contributed by atoms with E-state index < -0.39 is 254 Å². The number of halogens is 2. The lowest BCUT2D eigenvalue weighted by atomic mass is 9.44. The highest BCUT2D eigenvalue weighted by Crippen LogP contribution is 2.72. The second-order valence-corrected chi connectivity index (χ2v) is 34.7. The van der Waals surface area contributed by atoms with Crippen molar-refractivity contribution in [2.45, 2.75) is 127 Å². The number of carboxylic acids is 1. The van der Waals surface area contributed by atoms with Gasteiger partial charge in [0.05, 0.1) is 88.3 Å². The van der Waals surface area contributed by atoms with Gasteiger partial charge in [-0.25, -0.2) is 13.7 Å². The first kappa shape index (κ1) is 98.7. The van der Waals surface area contributed by atoms with E-state index in [2.05, 4.69) is 16.0 Å². The Hall–Kier alpha value is -12.1. The number of aryl methyl sites for hydroxylation is 1. The predicted octanol–water partition coefficient (Wildman–Crippen LogP) is 0.0106. The number of ether oxygens (including phenoxy) is 3. The van der Waals surface area contributed by atoms with Crippen LogP contribution in [0.1, 0.15) is 100 Å². The number of carbonyl (C=O) groups is 18. The number of aliphatic hydroxyl groups excluding tert-OH is 2. The molecule has 11 atom stereocenters. The summed E-state index contributed by atoms with van der Waals surface area (Å²) in [5, 5.41) is 41.2. The van der Waals surface area contributed by atoms with Crippen LogP contribution in [0.5, 0.6) is 5.75 Å². The molecule has 4 fully saturated rings. The van der Waals surface area contributed by atoms with Gasteiger partial charge in [0.1, 0.15) is 25.2 Å². The fraction of sp³-hybridized carbons (Fsp3) is 0.535. The molecule has 2 aromatic carbocycles. The summed E-state index contributed by atoms with van der Waals surface area (Å²) in [5.74, 6) is -15.3. The second-order valence-electron chi connectivity index (χ2n) is 33.7. The van der Waals surface area contributed by atoms with Crippen molar-refractivity contribution in [3.05, 3.63) is 111 Å². The number of amides is 15. The zero-order valence-electron chi connectivity index (χ0n) is 73.4. The molecule has 3 heterocycles. The van der Waals surface area contributed by atoms with Crippen molar-refractivity contribution in [3.63, 3.8) is 0 Å². The van der Waals surface area contributed by atoms with E-state index in [4.69, 9.17) is 19.3 Å². The van der Waals surface area contributed by atoms with Crippen LogP contribution in [0, 0.1) is 28.5 Å². The number of aliphatic carboxylic acids is 1. The van der Waals surface area contributed by atoms with Gasteiger partial charge in [-0.2, -0.15) is 0 Å². The Kier molecular flexibility index (Phi) is 32.0. The van der Waals surface area contributed by atoms with Gasteiger partial charge in [-0.3, -0.25) is 86.3 Å². The molecule has 0 spiro atoms. The maximum atomic E-state index is 17.9. The van der Waals surface area contributed by atoms with Crippen molar-refractivity contribution in [2.24, 2.45) is 22.7 Å². The van der Waals surface area contributed by atoms with Gasteiger partial charge in [0, 0.05) is 118 Å². The lowest BCUT2D eigenvalue weighted by Gasteiger charge is -2.62. The molecule has 127 heavy (non-hydrogen) atoms. The minimum absolute atomic E-state index is 0.0781. The maximum Gasteiger partial charge on any atom is 0.323 e. The number of nitrogens with zero attached hydrogens (tertiary/aromatic N) is 11. The molecule has 1 saturated heterocycles. The molecule has 3 aromatic rings. The van der Waals surface area contributed by atoms with Gasteiger partial charge in [0.25, 0.3) is 11.8 Å². The van der Waals surface area contributed by atoms with Crippen LogP contribution in [0.25, 0.3) is 0 Å². The first-order chi connectivity index (χ1) is 59.6. The van der Waals surface area contributed by atoms with E-state index in [1.165, 1.54) is 114 Å². The molecule has 2 aliphatic heterocycles. The highest BCUT2D eigenvalue weighted by Gasteiger charge is 2.79. The molecule has 15 amide bonds. The Labute approximate surface area is 736 Å². The number of ketones is 2. The molecule has 9 rings (SSSR count). The summed E-state index contributed by atoms with van der Waals surface area (Å²) < 4.78 is 53.7. The van der Waals surface area contributed by atoms with Crippen LogP contribution in [0.15, 0.2) is 83.8 Å². The summed E-state index contributed by atoms with van der Waals surface area (Å²) in [6, 6.07) is 9.01. The van der Waals surface area contributed by atoms with Crippen molar-refractivity contribution < 1.29 is 125 Å². The number of rotatable bonds is 39. The van der Waals surface area contributed by atoms with E-state index in [-0.39, 0.29) is 56.5 Å². The Balaban J connectivity index is 0.679. The van der Waals surface area contributed by atoms with Crippen molar-refractivity contribution in [1.29, 1.82) is 0 Å². The quantitative estimate of drug-likeness (QED) is 0.0324. The van der Waals surface area contributed by atoms with Gasteiger partial charge in [-0.05, 0) is 130 Å². The minimum Gasteiger partial charge on any atom is -0.490 e. The van der Waals surface area contributed by atoms with E-state index in [1.54, 1.807) is 31.2 Å². The molecule has 1 aromatic heterocycles. The fourth-order valence-corrected chi connectivity index (χ4v) is 17.8. The summed E-state index contributed by atoms with van der Waals surface area (Å²) in [6.07, 6.45) is 3.10. The van der Waals surface area contributed by atoms with Crippen LogP contribution in [0.3, 0.4) is 0 Å². The largest absolute Gasteiger partial charge is 0.490 e. The molecule has 4 aliphatic carbocycles. The topological polar surface area (TPSA) is 467 Å². The molecule has 3 saturated carbocycles. The number of alkyl halides is 1. The van der Waals surface area contributed by atoms with E-state index >= 15 is 8.78 Å². The third-order valence-corrected chi connectivity index (χ3v) is 25.6. The maximum absolute atomic E-state index is 17.9. The number of hydrogen-bond acceptors (Lipinski definition) is 24. The molecule has 688 valence electrons. The molecule has 0 radical (unpaired) electrons. The molecule has 41 heteroatoms. The fourth-order valence-electron chi connectivity index (χ4n) is 16.9. The average molecular weight is 1790 g/mol. The number of fused-ring (bicyclic) bond motifs is 7. The summed E-state index contributed by atoms with van der Waals surface area (Å²) in [7, 11) is 12.8. The summed E-state index contributed by atoms with van der Waals surface area (Å²) >= 11 is 1.33. The van der Waals surface area contributed by atoms with Gasteiger partial charge in [-0.1, -0.05) is 36.8 Å². The van der Waals surface area contributed by atoms with E-state index in [9.17, 15) is 96.5 Å². The van der Waals surface area contributed by atoms with Crippen LogP contribution in [-0.4, -0.2) is 355 Å². The molecule has 0 unspecified atom stereocenters. The van der Waals surface area contributed by atoms with Gasteiger partial charge < -0.3 is 94.5 Å². The summed E-state index contributed by atoms with van der Waals surface area (Å²) in [4.78, 5) is 245. The number of hydrogen-bond donors (Lipinski definition) is 6. The Bertz CT molecular complexity index is 4950. The second kappa shape index (κ2) is 41.1. The number of nitrogens with one attached hydrogen (secondary N) is 3. The van der Waals surface area contributed by atoms with Crippen LogP contribution < -0.4 is 25.6 Å².